The highest BCUT2D eigenvalue weighted by molar-refractivity contribution is 7.99. The molecule has 1 aliphatic rings. The van der Waals surface area contributed by atoms with Crippen LogP contribution in [0.2, 0.25) is 0 Å². The van der Waals surface area contributed by atoms with Crippen molar-refractivity contribution in [3.8, 4) is 0 Å². The Bertz CT molecular complexity index is 400. The van der Waals surface area contributed by atoms with Crippen LogP contribution in [0.1, 0.15) is 16.8 Å². The standard InChI is InChI=1S/C13H18N2OS/c1-15(2)13(16)11-5-3-4-6-12(11)14-10-7-8-17-9-10/h3-6,10,14H,7-9H2,1-2H3. The summed E-state index contributed by atoms with van der Waals surface area (Å²) in [7, 11) is 3.56. The molecule has 1 aliphatic heterocycles. The summed E-state index contributed by atoms with van der Waals surface area (Å²) < 4.78 is 0. The molecule has 2 rings (SSSR count). The fourth-order valence-electron chi connectivity index (χ4n) is 1.90. The van der Waals surface area contributed by atoms with Crippen molar-refractivity contribution < 1.29 is 4.79 Å². The number of nitrogens with zero attached hydrogens (tertiary/aromatic N) is 1. The highest BCUT2D eigenvalue weighted by Gasteiger charge is 2.18. The topological polar surface area (TPSA) is 32.3 Å². The maximum atomic E-state index is 12.0. The maximum Gasteiger partial charge on any atom is 0.255 e. The van der Waals surface area contributed by atoms with Crippen LogP contribution in [0.25, 0.3) is 0 Å². The number of para-hydroxylation sites is 1. The van der Waals surface area contributed by atoms with Gasteiger partial charge >= 0.3 is 0 Å². The van der Waals surface area contributed by atoms with E-state index < -0.39 is 0 Å². The van der Waals surface area contributed by atoms with Crippen LogP contribution in [0.15, 0.2) is 24.3 Å². The minimum absolute atomic E-state index is 0.0544. The molecule has 0 spiro atoms. The van der Waals surface area contributed by atoms with Gasteiger partial charge in [-0.05, 0) is 24.3 Å². The number of carbonyl (C=O) groups is 1. The Hall–Kier alpha value is -1.16. The second kappa shape index (κ2) is 5.45. The molecule has 1 atom stereocenters. The summed E-state index contributed by atoms with van der Waals surface area (Å²) in [6.45, 7) is 0. The normalized spacial score (nSPS) is 19.1. The lowest BCUT2D eigenvalue weighted by molar-refractivity contribution is 0.0828. The number of anilines is 1. The number of benzene rings is 1. The molecule has 1 saturated heterocycles. The van der Waals surface area contributed by atoms with Gasteiger partial charge in [-0.1, -0.05) is 12.1 Å². The molecule has 0 aromatic heterocycles. The summed E-state index contributed by atoms with van der Waals surface area (Å²) in [5, 5.41) is 3.48. The van der Waals surface area contributed by atoms with E-state index >= 15 is 0 Å². The van der Waals surface area contributed by atoms with Crippen molar-refractivity contribution >= 4 is 23.4 Å². The van der Waals surface area contributed by atoms with Crippen molar-refractivity contribution in [1.82, 2.24) is 4.90 Å². The van der Waals surface area contributed by atoms with E-state index in [2.05, 4.69) is 5.32 Å². The van der Waals surface area contributed by atoms with Crippen LogP contribution in [0.5, 0.6) is 0 Å². The molecule has 17 heavy (non-hydrogen) atoms. The first-order valence-electron chi connectivity index (χ1n) is 5.83. The lowest BCUT2D eigenvalue weighted by Gasteiger charge is -2.18. The zero-order valence-electron chi connectivity index (χ0n) is 10.3. The first-order valence-corrected chi connectivity index (χ1v) is 6.99. The Morgan fingerprint density at radius 3 is 2.82 bits per heavy atom. The lowest BCUT2D eigenvalue weighted by atomic mass is 10.1. The number of nitrogens with one attached hydrogen (secondary N) is 1. The number of thioether (sulfide) groups is 1. The number of rotatable bonds is 3. The minimum Gasteiger partial charge on any atom is -0.381 e. The third kappa shape index (κ3) is 2.94. The Morgan fingerprint density at radius 1 is 1.41 bits per heavy atom. The summed E-state index contributed by atoms with van der Waals surface area (Å²) in [5.74, 6) is 2.39. The molecule has 0 saturated carbocycles. The van der Waals surface area contributed by atoms with Gasteiger partial charge in [-0.3, -0.25) is 4.79 Å². The molecular weight excluding hydrogens is 232 g/mol. The first kappa shape index (κ1) is 12.3. The summed E-state index contributed by atoms with van der Waals surface area (Å²) in [5.41, 5.74) is 1.72. The fraction of sp³-hybridized carbons (Fsp3) is 0.462. The van der Waals surface area contributed by atoms with Gasteiger partial charge in [0.1, 0.15) is 0 Å². The summed E-state index contributed by atoms with van der Waals surface area (Å²) in [4.78, 5) is 13.6. The van der Waals surface area contributed by atoms with E-state index in [4.69, 9.17) is 0 Å². The second-order valence-corrected chi connectivity index (χ2v) is 5.60. The fourth-order valence-corrected chi connectivity index (χ4v) is 3.06. The lowest BCUT2D eigenvalue weighted by Crippen LogP contribution is -2.25. The van der Waals surface area contributed by atoms with E-state index in [-0.39, 0.29) is 5.91 Å². The number of carbonyl (C=O) groups excluding carboxylic acids is 1. The summed E-state index contributed by atoms with van der Waals surface area (Å²) in [6.07, 6.45) is 1.18. The first-order chi connectivity index (χ1) is 8.18. The predicted octanol–water partition coefficient (Wildman–Crippen LogP) is 2.31. The van der Waals surface area contributed by atoms with Crippen molar-refractivity contribution in [2.75, 3.05) is 30.9 Å². The van der Waals surface area contributed by atoms with E-state index in [1.165, 1.54) is 12.2 Å². The quantitative estimate of drug-likeness (QED) is 0.893. The van der Waals surface area contributed by atoms with Gasteiger partial charge in [0.15, 0.2) is 0 Å². The second-order valence-electron chi connectivity index (χ2n) is 4.45. The van der Waals surface area contributed by atoms with E-state index in [9.17, 15) is 4.79 Å². The van der Waals surface area contributed by atoms with Gasteiger partial charge in [-0.15, -0.1) is 0 Å². The van der Waals surface area contributed by atoms with Crippen LogP contribution in [-0.2, 0) is 0 Å². The van der Waals surface area contributed by atoms with Crippen LogP contribution < -0.4 is 5.32 Å². The van der Waals surface area contributed by atoms with Gasteiger partial charge in [-0.2, -0.15) is 11.8 Å². The smallest absolute Gasteiger partial charge is 0.255 e. The highest BCUT2D eigenvalue weighted by Crippen LogP contribution is 2.24. The molecule has 4 heteroatoms. The predicted molar refractivity (Wildman–Crippen MR) is 73.8 cm³/mol. The molecule has 0 aliphatic carbocycles. The molecule has 0 radical (unpaired) electrons. The molecule has 0 bridgehead atoms. The molecule has 1 fully saturated rings. The summed E-state index contributed by atoms with van der Waals surface area (Å²) in [6, 6.07) is 8.24. The monoisotopic (exact) mass is 250 g/mol. The largest absolute Gasteiger partial charge is 0.381 e. The van der Waals surface area contributed by atoms with Crippen molar-refractivity contribution in [2.45, 2.75) is 12.5 Å². The molecule has 1 aromatic rings. The zero-order chi connectivity index (χ0) is 12.3. The molecule has 92 valence electrons. The molecular formula is C13H18N2OS. The molecule has 1 N–H and O–H groups in total. The van der Waals surface area contributed by atoms with Crippen molar-refractivity contribution in [3.05, 3.63) is 29.8 Å². The average molecular weight is 250 g/mol. The minimum atomic E-state index is 0.0544. The SMILES string of the molecule is CN(C)C(=O)c1ccccc1NC1CCSC1. The van der Waals surface area contributed by atoms with Gasteiger partial charge in [0.05, 0.1) is 5.56 Å². The van der Waals surface area contributed by atoms with Crippen LogP contribution >= 0.6 is 11.8 Å². The number of amides is 1. The van der Waals surface area contributed by atoms with Gasteiger partial charge in [-0.25, -0.2) is 0 Å². The van der Waals surface area contributed by atoms with Crippen LogP contribution in [0.3, 0.4) is 0 Å². The van der Waals surface area contributed by atoms with Crippen LogP contribution in [0.4, 0.5) is 5.69 Å². The third-order valence-corrected chi connectivity index (χ3v) is 4.02. The van der Waals surface area contributed by atoms with Crippen molar-refractivity contribution in [2.24, 2.45) is 0 Å². The van der Waals surface area contributed by atoms with Gasteiger partial charge < -0.3 is 10.2 Å². The van der Waals surface area contributed by atoms with E-state index in [1.807, 2.05) is 36.0 Å². The Labute approximate surface area is 107 Å². The zero-order valence-corrected chi connectivity index (χ0v) is 11.1. The van der Waals surface area contributed by atoms with Crippen molar-refractivity contribution in [3.63, 3.8) is 0 Å². The van der Waals surface area contributed by atoms with Crippen molar-refractivity contribution in [1.29, 1.82) is 0 Å². The molecule has 1 unspecified atom stereocenters. The maximum absolute atomic E-state index is 12.0. The Morgan fingerprint density at radius 2 is 2.18 bits per heavy atom. The van der Waals surface area contributed by atoms with E-state index in [0.29, 0.717) is 6.04 Å². The molecule has 3 nitrogen and oxygen atoms in total. The molecule has 1 amide bonds. The molecule has 1 aromatic carbocycles. The number of hydrogen-bond acceptors (Lipinski definition) is 3. The number of hydrogen-bond donors (Lipinski definition) is 1. The van der Waals surface area contributed by atoms with Gasteiger partial charge in [0, 0.05) is 31.6 Å². The van der Waals surface area contributed by atoms with E-state index in [1.54, 1.807) is 19.0 Å². The van der Waals surface area contributed by atoms with Crippen LogP contribution in [0, 0.1) is 0 Å². The highest BCUT2D eigenvalue weighted by atomic mass is 32.2. The Kier molecular flexibility index (Phi) is 3.94. The van der Waals surface area contributed by atoms with Gasteiger partial charge in [0.25, 0.3) is 5.91 Å². The third-order valence-electron chi connectivity index (χ3n) is 2.85. The summed E-state index contributed by atoms with van der Waals surface area (Å²) >= 11 is 1.96. The van der Waals surface area contributed by atoms with Gasteiger partial charge in [0.2, 0.25) is 0 Å². The van der Waals surface area contributed by atoms with E-state index in [0.717, 1.165) is 17.0 Å². The average Bonchev–Trinajstić information content (AvgIpc) is 2.81. The Balaban J connectivity index is 2.17. The van der Waals surface area contributed by atoms with Crippen LogP contribution in [-0.4, -0.2) is 42.4 Å². The molecule has 1 heterocycles.